The number of fused-ring (bicyclic) bond motifs is 3. The van der Waals surface area contributed by atoms with Crippen LogP contribution >= 0.6 is 0 Å². The molecule has 3 atom stereocenters. The molecule has 1 aliphatic heterocycles. The van der Waals surface area contributed by atoms with Crippen molar-refractivity contribution < 1.29 is 18.1 Å². The Morgan fingerprint density at radius 1 is 1.43 bits per heavy atom. The molecule has 0 bridgehead atoms. The zero-order valence-corrected chi connectivity index (χ0v) is 17.5. The van der Waals surface area contributed by atoms with Crippen molar-refractivity contribution in [1.82, 2.24) is 9.78 Å². The number of hydrogen-bond acceptors (Lipinski definition) is 4. The van der Waals surface area contributed by atoms with E-state index in [4.69, 9.17) is 9.88 Å². The SMILES string of the molecule is C[C@@H]1CCc2cc3c(c(NC(=O)N=[S@](N)(=O)c4cnn5c4OCCC5)c21)C[C@H](F)C3. The summed E-state index contributed by atoms with van der Waals surface area (Å²) >= 11 is 0. The van der Waals surface area contributed by atoms with Crippen molar-refractivity contribution in [3.8, 4) is 5.88 Å². The van der Waals surface area contributed by atoms with E-state index in [0.717, 1.165) is 41.5 Å². The highest BCUT2D eigenvalue weighted by molar-refractivity contribution is 7.91. The van der Waals surface area contributed by atoms with Crippen LogP contribution in [-0.2, 0) is 35.7 Å². The van der Waals surface area contributed by atoms with E-state index in [-0.39, 0.29) is 17.2 Å². The number of nitrogens with two attached hydrogens (primary N) is 1. The molecule has 2 amide bonds. The number of amides is 2. The predicted molar refractivity (Wildman–Crippen MR) is 110 cm³/mol. The third-order valence-corrected chi connectivity index (χ3v) is 7.49. The van der Waals surface area contributed by atoms with E-state index in [1.165, 1.54) is 6.20 Å². The molecule has 0 saturated heterocycles. The topological polar surface area (TPSA) is 112 Å². The molecule has 0 saturated carbocycles. The van der Waals surface area contributed by atoms with Crippen LogP contribution in [0.1, 0.15) is 47.9 Å². The number of urea groups is 1. The Labute approximate surface area is 174 Å². The second-order valence-corrected chi connectivity index (χ2v) is 10.00. The number of benzene rings is 1. The Morgan fingerprint density at radius 2 is 2.27 bits per heavy atom. The summed E-state index contributed by atoms with van der Waals surface area (Å²) in [7, 11) is -3.55. The van der Waals surface area contributed by atoms with Crippen LogP contribution in [0.2, 0.25) is 0 Å². The summed E-state index contributed by atoms with van der Waals surface area (Å²) in [6.45, 7) is 3.18. The molecule has 0 unspecified atom stereocenters. The van der Waals surface area contributed by atoms with Crippen LogP contribution in [0.3, 0.4) is 0 Å². The smallest absolute Gasteiger partial charge is 0.354 e. The van der Waals surface area contributed by atoms with Gasteiger partial charge in [-0.05, 0) is 41.0 Å². The molecule has 2 heterocycles. The van der Waals surface area contributed by atoms with Gasteiger partial charge in [-0.2, -0.15) is 5.10 Å². The molecule has 3 aliphatic rings. The van der Waals surface area contributed by atoms with Gasteiger partial charge < -0.3 is 10.1 Å². The number of nitrogens with one attached hydrogen (secondary N) is 1. The van der Waals surface area contributed by atoms with Crippen LogP contribution in [0, 0.1) is 0 Å². The van der Waals surface area contributed by atoms with Gasteiger partial charge >= 0.3 is 6.03 Å². The number of ether oxygens (including phenoxy) is 1. The van der Waals surface area contributed by atoms with Gasteiger partial charge in [0.25, 0.3) is 0 Å². The van der Waals surface area contributed by atoms with E-state index in [1.54, 1.807) is 4.68 Å². The number of aryl methyl sites for hydroxylation is 2. The number of carbonyl (C=O) groups excluding carboxylic acids is 1. The largest absolute Gasteiger partial charge is 0.477 e. The van der Waals surface area contributed by atoms with Crippen molar-refractivity contribution in [2.45, 2.75) is 62.6 Å². The third-order valence-electron chi connectivity index (χ3n) is 6.14. The van der Waals surface area contributed by atoms with Gasteiger partial charge in [0.05, 0.1) is 12.8 Å². The Kier molecular flexibility index (Phi) is 4.59. The summed E-state index contributed by atoms with van der Waals surface area (Å²) in [5.41, 5.74) is 4.52. The lowest BCUT2D eigenvalue weighted by Crippen LogP contribution is -2.21. The molecule has 0 radical (unpaired) electrons. The maximum absolute atomic E-state index is 14.1. The predicted octanol–water partition coefficient (Wildman–Crippen LogP) is 3.08. The zero-order chi connectivity index (χ0) is 21.0. The minimum Gasteiger partial charge on any atom is -0.477 e. The fourth-order valence-corrected chi connectivity index (χ4v) is 5.79. The van der Waals surface area contributed by atoms with Gasteiger partial charge in [-0.3, -0.25) is 0 Å². The number of aromatic nitrogens is 2. The van der Waals surface area contributed by atoms with E-state index in [0.29, 0.717) is 31.1 Å². The molecular weight excluding hydrogens is 409 g/mol. The fourth-order valence-electron chi connectivity index (χ4n) is 4.78. The van der Waals surface area contributed by atoms with E-state index in [2.05, 4.69) is 27.8 Å². The molecule has 3 N–H and O–H groups in total. The van der Waals surface area contributed by atoms with Crippen LogP contribution < -0.4 is 15.2 Å². The lowest BCUT2D eigenvalue weighted by molar-refractivity contribution is 0.224. The molecule has 8 nitrogen and oxygen atoms in total. The molecule has 1 aromatic carbocycles. The minimum absolute atomic E-state index is 0.109. The lowest BCUT2D eigenvalue weighted by atomic mass is 9.95. The van der Waals surface area contributed by atoms with Crippen molar-refractivity contribution >= 4 is 21.6 Å². The van der Waals surface area contributed by atoms with Crippen LogP contribution in [0.25, 0.3) is 0 Å². The van der Waals surface area contributed by atoms with Crippen LogP contribution in [0.15, 0.2) is 21.5 Å². The maximum Gasteiger partial charge on any atom is 0.354 e. The van der Waals surface area contributed by atoms with Gasteiger partial charge in [0, 0.05) is 31.5 Å². The van der Waals surface area contributed by atoms with Crippen molar-refractivity contribution in [2.24, 2.45) is 9.50 Å². The number of halogens is 1. The van der Waals surface area contributed by atoms with Crippen molar-refractivity contribution in [1.29, 1.82) is 0 Å². The van der Waals surface area contributed by atoms with E-state index in [1.807, 2.05) is 0 Å². The summed E-state index contributed by atoms with van der Waals surface area (Å²) < 4.78 is 38.1. The van der Waals surface area contributed by atoms with Gasteiger partial charge in [0.15, 0.2) is 9.92 Å². The second kappa shape index (κ2) is 7.05. The van der Waals surface area contributed by atoms with Gasteiger partial charge in [0.1, 0.15) is 11.1 Å². The van der Waals surface area contributed by atoms with E-state index < -0.39 is 22.1 Å². The third kappa shape index (κ3) is 3.18. The molecule has 1 aromatic heterocycles. The molecular formula is C20H24FN5O3S. The molecule has 5 rings (SSSR count). The van der Waals surface area contributed by atoms with Crippen LogP contribution in [-0.4, -0.2) is 32.8 Å². The first kappa shape index (κ1) is 19.5. The number of anilines is 1. The summed E-state index contributed by atoms with van der Waals surface area (Å²) in [6.07, 6.45) is 3.65. The van der Waals surface area contributed by atoms with Crippen LogP contribution in [0.4, 0.5) is 14.9 Å². The van der Waals surface area contributed by atoms with Gasteiger partial charge in [-0.25, -0.2) is 23.2 Å². The van der Waals surface area contributed by atoms with E-state index in [9.17, 15) is 13.4 Å². The first-order valence-electron chi connectivity index (χ1n) is 10.2. The molecule has 30 heavy (non-hydrogen) atoms. The zero-order valence-electron chi connectivity index (χ0n) is 16.7. The monoisotopic (exact) mass is 433 g/mol. The Hall–Kier alpha value is -2.46. The Bertz CT molecular complexity index is 1170. The maximum atomic E-state index is 14.1. The average Bonchev–Trinajstić information content (AvgIpc) is 3.37. The van der Waals surface area contributed by atoms with Crippen molar-refractivity contribution in [3.63, 3.8) is 0 Å². The molecule has 10 heteroatoms. The standard InChI is InChI=1S/C20H24FN5O3S/c1-11-3-4-12-7-13-8-14(21)9-15(13)18(17(11)12)24-20(27)25-30(22,28)16-10-23-26-5-2-6-29-19(16)26/h7,10-11,14H,2-6,8-9H2,1H3,(H3,22,24,25,27,28)/t11-,14-,30+/m1/s1. The van der Waals surface area contributed by atoms with Gasteiger partial charge in [-0.15, -0.1) is 4.36 Å². The van der Waals surface area contributed by atoms with Gasteiger partial charge in [-0.1, -0.05) is 13.0 Å². The normalized spacial score (nSPS) is 23.7. The number of nitrogens with zero attached hydrogens (tertiary/aromatic N) is 3. The first-order chi connectivity index (χ1) is 14.3. The molecule has 2 aromatic rings. The highest BCUT2D eigenvalue weighted by Gasteiger charge is 2.32. The Morgan fingerprint density at radius 3 is 3.10 bits per heavy atom. The van der Waals surface area contributed by atoms with Crippen molar-refractivity contribution in [3.05, 3.63) is 34.5 Å². The lowest BCUT2D eigenvalue weighted by Gasteiger charge is -2.18. The Balaban J connectivity index is 1.51. The first-order valence-corrected chi connectivity index (χ1v) is 11.8. The fraction of sp³-hybridized carbons (Fsp3) is 0.500. The summed E-state index contributed by atoms with van der Waals surface area (Å²) in [4.78, 5) is 12.9. The van der Waals surface area contributed by atoms with Gasteiger partial charge in [0.2, 0.25) is 5.88 Å². The molecule has 2 aliphatic carbocycles. The number of hydrogen-bond donors (Lipinski definition) is 2. The highest BCUT2D eigenvalue weighted by Crippen LogP contribution is 2.44. The average molecular weight is 434 g/mol. The molecule has 0 spiro atoms. The van der Waals surface area contributed by atoms with Crippen molar-refractivity contribution in [2.75, 3.05) is 11.9 Å². The quantitative estimate of drug-likeness (QED) is 0.758. The highest BCUT2D eigenvalue weighted by atomic mass is 32.2. The molecule has 0 fully saturated rings. The second-order valence-electron chi connectivity index (χ2n) is 8.24. The summed E-state index contributed by atoms with van der Waals surface area (Å²) in [5, 5.41) is 12.9. The minimum atomic E-state index is -3.55. The summed E-state index contributed by atoms with van der Waals surface area (Å²) in [6, 6.07) is 1.26. The summed E-state index contributed by atoms with van der Waals surface area (Å²) in [5.74, 6) is 0.540. The number of alkyl halides is 1. The van der Waals surface area contributed by atoms with Crippen LogP contribution in [0.5, 0.6) is 5.88 Å². The number of carbonyl (C=O) groups is 1. The number of rotatable bonds is 2. The molecule has 160 valence electrons. The van der Waals surface area contributed by atoms with E-state index >= 15 is 0 Å².